The number of rotatable bonds is 5. The molecule has 0 aliphatic heterocycles. The molecular weight excluding hydrogens is 403 g/mol. The number of benzene rings is 2. The summed E-state index contributed by atoms with van der Waals surface area (Å²) in [6.45, 7) is 4.58. The molecule has 2 amide bonds. The summed E-state index contributed by atoms with van der Waals surface area (Å²) in [4.78, 5) is 24.7. The van der Waals surface area contributed by atoms with E-state index in [4.69, 9.17) is 0 Å². The van der Waals surface area contributed by atoms with Gasteiger partial charge in [0.2, 0.25) is 0 Å². The number of hydrogen-bond acceptors (Lipinski definition) is 2. The number of carbonyl (C=O) groups excluding carboxylic acids is 2. The molecule has 0 unspecified atom stereocenters. The molecule has 23 heavy (non-hydrogen) atoms. The Labute approximate surface area is 149 Å². The Hall–Kier alpha value is -1.89. The van der Waals surface area contributed by atoms with Crippen LogP contribution in [0.1, 0.15) is 39.6 Å². The minimum absolute atomic E-state index is 0.179. The fourth-order valence-electron chi connectivity index (χ4n) is 2.12. The molecule has 0 aromatic heterocycles. The molecule has 0 bridgehead atoms. The van der Waals surface area contributed by atoms with E-state index >= 15 is 0 Å². The van der Waals surface area contributed by atoms with E-state index in [-0.39, 0.29) is 11.8 Å². The number of amides is 2. The molecule has 4 nitrogen and oxygen atoms in total. The minimum Gasteiger partial charge on any atom is -0.352 e. The molecule has 2 rings (SSSR count). The summed E-state index contributed by atoms with van der Waals surface area (Å²) in [6.07, 6.45) is 0.863. The van der Waals surface area contributed by atoms with Crippen LogP contribution >= 0.6 is 22.6 Å². The van der Waals surface area contributed by atoms with Crippen molar-refractivity contribution in [3.63, 3.8) is 0 Å². The second-order valence-electron chi connectivity index (χ2n) is 5.24. The Morgan fingerprint density at radius 3 is 2.48 bits per heavy atom. The first-order chi connectivity index (χ1) is 11.0. The third kappa shape index (κ3) is 4.54. The van der Waals surface area contributed by atoms with Crippen LogP contribution in [0.4, 0.5) is 5.69 Å². The van der Waals surface area contributed by atoms with Gasteiger partial charge in [-0.25, -0.2) is 0 Å². The first-order valence-corrected chi connectivity index (χ1v) is 8.55. The molecule has 0 radical (unpaired) electrons. The quantitative estimate of drug-likeness (QED) is 0.716. The molecule has 5 heteroatoms. The Kier molecular flexibility index (Phi) is 6.15. The normalized spacial score (nSPS) is 10.2. The van der Waals surface area contributed by atoms with Crippen LogP contribution in [0.25, 0.3) is 0 Å². The number of anilines is 1. The standard InChI is InChI=1S/C18H19IN2O2/c1-3-10-20-17(22)14-6-4-5-7-16(14)21-18(23)13-9-8-12(2)11-15(13)19/h4-9,11H,3,10H2,1-2H3,(H,20,22)(H,21,23). The van der Waals surface area contributed by atoms with Gasteiger partial charge in [-0.1, -0.05) is 30.7 Å². The molecule has 2 aromatic carbocycles. The molecule has 0 spiro atoms. The van der Waals surface area contributed by atoms with Gasteiger partial charge in [0.15, 0.2) is 0 Å². The second-order valence-corrected chi connectivity index (χ2v) is 6.40. The average molecular weight is 422 g/mol. The fraction of sp³-hybridized carbons (Fsp3) is 0.222. The van der Waals surface area contributed by atoms with E-state index in [9.17, 15) is 9.59 Å². The summed E-state index contributed by atoms with van der Waals surface area (Å²) >= 11 is 2.14. The Balaban J connectivity index is 2.23. The van der Waals surface area contributed by atoms with Gasteiger partial charge in [0.25, 0.3) is 11.8 Å². The number of hydrogen-bond donors (Lipinski definition) is 2. The minimum atomic E-state index is -0.217. The van der Waals surface area contributed by atoms with Crippen molar-refractivity contribution in [2.75, 3.05) is 11.9 Å². The molecule has 0 aliphatic carbocycles. The topological polar surface area (TPSA) is 58.2 Å². The third-order valence-electron chi connectivity index (χ3n) is 3.32. The number of halogens is 1. The van der Waals surface area contributed by atoms with Crippen LogP contribution in [0, 0.1) is 10.5 Å². The van der Waals surface area contributed by atoms with E-state index < -0.39 is 0 Å². The zero-order valence-electron chi connectivity index (χ0n) is 13.2. The first-order valence-electron chi connectivity index (χ1n) is 7.47. The maximum absolute atomic E-state index is 12.5. The van der Waals surface area contributed by atoms with Crippen molar-refractivity contribution in [2.45, 2.75) is 20.3 Å². The van der Waals surface area contributed by atoms with Gasteiger partial charge in [0.05, 0.1) is 16.8 Å². The number of carbonyl (C=O) groups is 2. The molecule has 120 valence electrons. The van der Waals surface area contributed by atoms with Crippen LogP contribution in [-0.4, -0.2) is 18.4 Å². The van der Waals surface area contributed by atoms with Crippen molar-refractivity contribution in [2.24, 2.45) is 0 Å². The zero-order valence-corrected chi connectivity index (χ0v) is 15.3. The van der Waals surface area contributed by atoms with Crippen molar-refractivity contribution in [3.05, 3.63) is 62.7 Å². The van der Waals surface area contributed by atoms with E-state index in [0.717, 1.165) is 15.6 Å². The van der Waals surface area contributed by atoms with Gasteiger partial charge in [-0.05, 0) is 60.2 Å². The number of nitrogens with one attached hydrogen (secondary N) is 2. The Bertz CT molecular complexity index is 729. The SMILES string of the molecule is CCCNC(=O)c1ccccc1NC(=O)c1ccc(C)cc1I. The Morgan fingerprint density at radius 1 is 1.04 bits per heavy atom. The summed E-state index contributed by atoms with van der Waals surface area (Å²) in [7, 11) is 0. The largest absolute Gasteiger partial charge is 0.352 e. The highest BCUT2D eigenvalue weighted by atomic mass is 127. The summed E-state index contributed by atoms with van der Waals surface area (Å²) in [5, 5.41) is 5.67. The summed E-state index contributed by atoms with van der Waals surface area (Å²) in [5.74, 6) is -0.397. The summed E-state index contributed by atoms with van der Waals surface area (Å²) in [6, 6.07) is 12.7. The molecule has 0 saturated carbocycles. The highest BCUT2D eigenvalue weighted by Crippen LogP contribution is 2.19. The highest BCUT2D eigenvalue weighted by molar-refractivity contribution is 14.1. The van der Waals surface area contributed by atoms with E-state index in [1.165, 1.54) is 0 Å². The third-order valence-corrected chi connectivity index (χ3v) is 4.22. The monoisotopic (exact) mass is 422 g/mol. The fourth-order valence-corrected chi connectivity index (χ4v) is 3.03. The zero-order chi connectivity index (χ0) is 16.8. The number of para-hydroxylation sites is 1. The van der Waals surface area contributed by atoms with Crippen molar-refractivity contribution in [1.29, 1.82) is 0 Å². The molecule has 0 atom stereocenters. The predicted molar refractivity (Wildman–Crippen MR) is 101 cm³/mol. The van der Waals surface area contributed by atoms with E-state index in [2.05, 4.69) is 33.2 Å². The van der Waals surface area contributed by atoms with Gasteiger partial charge < -0.3 is 10.6 Å². The van der Waals surface area contributed by atoms with Crippen molar-refractivity contribution in [3.8, 4) is 0 Å². The molecule has 0 aliphatic rings. The molecule has 0 saturated heterocycles. The molecular formula is C18H19IN2O2. The second kappa shape index (κ2) is 8.10. The van der Waals surface area contributed by atoms with E-state index in [1.807, 2.05) is 26.0 Å². The molecule has 2 N–H and O–H groups in total. The van der Waals surface area contributed by atoms with Crippen LogP contribution in [-0.2, 0) is 0 Å². The van der Waals surface area contributed by atoms with E-state index in [0.29, 0.717) is 23.4 Å². The summed E-state index contributed by atoms with van der Waals surface area (Å²) in [5.41, 5.74) is 2.68. The van der Waals surface area contributed by atoms with Crippen molar-refractivity contribution in [1.82, 2.24) is 5.32 Å². The van der Waals surface area contributed by atoms with Gasteiger partial charge in [0.1, 0.15) is 0 Å². The van der Waals surface area contributed by atoms with Gasteiger partial charge in [-0.15, -0.1) is 0 Å². The van der Waals surface area contributed by atoms with Gasteiger partial charge >= 0.3 is 0 Å². The molecule has 0 heterocycles. The van der Waals surface area contributed by atoms with Crippen LogP contribution in [0.3, 0.4) is 0 Å². The van der Waals surface area contributed by atoms with Gasteiger partial charge in [-0.2, -0.15) is 0 Å². The number of aryl methyl sites for hydroxylation is 1. The molecule has 0 fully saturated rings. The van der Waals surface area contributed by atoms with Gasteiger partial charge in [-0.3, -0.25) is 9.59 Å². The predicted octanol–water partition coefficient (Wildman–Crippen LogP) is 3.99. The maximum Gasteiger partial charge on any atom is 0.256 e. The van der Waals surface area contributed by atoms with Crippen LogP contribution in [0.15, 0.2) is 42.5 Å². The average Bonchev–Trinajstić information content (AvgIpc) is 2.53. The van der Waals surface area contributed by atoms with E-state index in [1.54, 1.807) is 30.3 Å². The first kappa shape index (κ1) is 17.5. The van der Waals surface area contributed by atoms with Gasteiger partial charge in [0, 0.05) is 10.1 Å². The lowest BCUT2D eigenvalue weighted by molar-refractivity contribution is 0.0954. The lowest BCUT2D eigenvalue weighted by Gasteiger charge is -2.12. The maximum atomic E-state index is 12.5. The Morgan fingerprint density at radius 2 is 1.78 bits per heavy atom. The van der Waals surface area contributed by atoms with Crippen LogP contribution < -0.4 is 10.6 Å². The lowest BCUT2D eigenvalue weighted by Crippen LogP contribution is -2.26. The van der Waals surface area contributed by atoms with Crippen LogP contribution in [0.2, 0.25) is 0 Å². The smallest absolute Gasteiger partial charge is 0.256 e. The highest BCUT2D eigenvalue weighted by Gasteiger charge is 2.15. The van der Waals surface area contributed by atoms with Crippen molar-refractivity contribution < 1.29 is 9.59 Å². The van der Waals surface area contributed by atoms with Crippen LogP contribution in [0.5, 0.6) is 0 Å². The van der Waals surface area contributed by atoms with Crippen molar-refractivity contribution >= 4 is 40.1 Å². The lowest BCUT2D eigenvalue weighted by atomic mass is 10.1. The summed E-state index contributed by atoms with van der Waals surface area (Å²) < 4.78 is 0.882. The molecule has 2 aromatic rings.